The molecular weight excluding hydrogens is 316 g/mol. The highest BCUT2D eigenvalue weighted by molar-refractivity contribution is 9.08. The number of hydrogen-bond acceptors (Lipinski definition) is 2. The Kier molecular flexibility index (Phi) is 5.07. The van der Waals surface area contributed by atoms with Gasteiger partial charge in [-0.3, -0.25) is 4.79 Å². The Morgan fingerprint density at radius 1 is 1.10 bits per heavy atom. The molecule has 0 radical (unpaired) electrons. The molecule has 3 heteroatoms. The van der Waals surface area contributed by atoms with Crippen LogP contribution in [0.15, 0.2) is 12.1 Å². The molecule has 0 aliphatic heterocycles. The monoisotopic (exact) mass is 340 g/mol. The summed E-state index contributed by atoms with van der Waals surface area (Å²) in [4.78, 5) is 11.4. The second-order valence-corrected chi connectivity index (χ2v) is 7.80. The molecule has 2 nitrogen and oxygen atoms in total. The van der Waals surface area contributed by atoms with Crippen LogP contribution >= 0.6 is 15.9 Å². The van der Waals surface area contributed by atoms with Crippen molar-refractivity contribution in [3.05, 3.63) is 28.8 Å². The molecule has 0 saturated carbocycles. The molecule has 0 N–H and O–H groups in total. The summed E-state index contributed by atoms with van der Waals surface area (Å²) >= 11 is 3.51. The quantitative estimate of drug-likeness (QED) is 0.425. The van der Waals surface area contributed by atoms with Crippen LogP contribution in [-0.2, 0) is 21.0 Å². The van der Waals surface area contributed by atoms with E-state index in [4.69, 9.17) is 4.74 Å². The average molecular weight is 341 g/mol. The fraction of sp³-hybridized carbons (Fsp3) is 0.588. The van der Waals surface area contributed by atoms with Crippen molar-refractivity contribution >= 4 is 21.9 Å². The van der Waals surface area contributed by atoms with Gasteiger partial charge in [-0.05, 0) is 16.4 Å². The zero-order valence-corrected chi connectivity index (χ0v) is 15.1. The van der Waals surface area contributed by atoms with Gasteiger partial charge in [0.05, 0.1) is 0 Å². The van der Waals surface area contributed by atoms with Gasteiger partial charge in [0.2, 0.25) is 0 Å². The average Bonchev–Trinajstić information content (AvgIpc) is 2.25. The summed E-state index contributed by atoms with van der Waals surface area (Å²) in [6.45, 7) is 14.4. The lowest BCUT2D eigenvalue weighted by atomic mass is 9.79. The first-order chi connectivity index (χ1) is 8.96. The first-order valence-electron chi connectivity index (χ1n) is 6.89. The van der Waals surface area contributed by atoms with Crippen LogP contribution < -0.4 is 4.74 Å². The zero-order chi connectivity index (χ0) is 15.7. The maximum atomic E-state index is 11.4. The van der Waals surface area contributed by atoms with Crippen molar-refractivity contribution in [2.24, 2.45) is 0 Å². The molecule has 0 saturated heterocycles. The number of alkyl halides is 1. The van der Waals surface area contributed by atoms with Crippen LogP contribution in [0.2, 0.25) is 0 Å². The first-order valence-corrected chi connectivity index (χ1v) is 8.01. The maximum absolute atomic E-state index is 11.4. The molecule has 1 rings (SSSR count). The topological polar surface area (TPSA) is 26.3 Å². The first kappa shape index (κ1) is 17.2. The number of hydrogen-bond donors (Lipinski definition) is 0. The van der Waals surface area contributed by atoms with Crippen molar-refractivity contribution in [2.45, 2.75) is 64.6 Å². The molecule has 0 aliphatic carbocycles. The molecule has 0 unspecified atom stereocenters. The van der Waals surface area contributed by atoms with Gasteiger partial charge in [-0.2, -0.15) is 0 Å². The number of halogens is 1. The van der Waals surface area contributed by atoms with Gasteiger partial charge >= 0.3 is 5.97 Å². The van der Waals surface area contributed by atoms with E-state index in [0.717, 1.165) is 11.1 Å². The van der Waals surface area contributed by atoms with E-state index in [2.05, 4.69) is 69.6 Å². The largest absolute Gasteiger partial charge is 0.426 e. The molecule has 0 spiro atoms. The van der Waals surface area contributed by atoms with Crippen molar-refractivity contribution in [2.75, 3.05) is 0 Å². The second-order valence-electron chi connectivity index (χ2n) is 7.24. The number of carbonyl (C=O) groups excluding carboxylic acids is 1. The van der Waals surface area contributed by atoms with Gasteiger partial charge in [-0.15, -0.1) is 0 Å². The smallest absolute Gasteiger partial charge is 0.308 e. The molecule has 0 fully saturated rings. The highest BCUT2D eigenvalue weighted by Crippen LogP contribution is 2.39. The van der Waals surface area contributed by atoms with Crippen molar-refractivity contribution in [3.63, 3.8) is 0 Å². The summed E-state index contributed by atoms with van der Waals surface area (Å²) in [7, 11) is 0. The predicted molar refractivity (Wildman–Crippen MR) is 87.8 cm³/mol. The molecule has 20 heavy (non-hydrogen) atoms. The molecule has 0 atom stereocenters. The molecule has 0 aliphatic rings. The number of carbonyl (C=O) groups is 1. The van der Waals surface area contributed by atoms with Crippen molar-refractivity contribution in [1.29, 1.82) is 0 Å². The Labute approximate surface area is 131 Å². The molecular formula is C17H25BrO2. The van der Waals surface area contributed by atoms with Gasteiger partial charge in [-0.25, -0.2) is 0 Å². The van der Waals surface area contributed by atoms with Gasteiger partial charge in [-0.1, -0.05) is 69.6 Å². The fourth-order valence-electron chi connectivity index (χ4n) is 2.04. The minimum atomic E-state index is -0.277. The van der Waals surface area contributed by atoms with Crippen molar-refractivity contribution < 1.29 is 9.53 Å². The number of benzene rings is 1. The van der Waals surface area contributed by atoms with Gasteiger partial charge < -0.3 is 4.74 Å². The minimum absolute atomic E-state index is 0.0612. The van der Waals surface area contributed by atoms with Crippen LogP contribution in [0.1, 0.15) is 65.2 Å². The molecule has 0 heterocycles. The van der Waals surface area contributed by atoms with E-state index in [0.29, 0.717) is 11.1 Å². The Bertz CT molecular complexity index is 505. The third-order valence-corrected chi connectivity index (χ3v) is 3.83. The fourth-order valence-corrected chi connectivity index (χ4v) is 2.46. The third kappa shape index (κ3) is 4.08. The van der Waals surface area contributed by atoms with Crippen LogP contribution in [0.4, 0.5) is 0 Å². The lowest BCUT2D eigenvalue weighted by molar-refractivity contribution is -0.132. The van der Waals surface area contributed by atoms with Crippen molar-refractivity contribution in [3.8, 4) is 5.75 Å². The molecule has 1 aromatic rings. The van der Waals surface area contributed by atoms with Crippen LogP contribution in [0.3, 0.4) is 0 Å². The molecule has 112 valence electrons. The number of rotatable bonds is 2. The standard InChI is InChI=1S/C17H25BrO2/c1-11(19)20-15-12(10-18)8-13(16(2,3)4)9-14(15)17(5,6)7/h8-9H,10H2,1-7H3. The molecule has 0 amide bonds. The molecule has 0 bridgehead atoms. The highest BCUT2D eigenvalue weighted by Gasteiger charge is 2.26. The normalized spacial score (nSPS) is 12.4. The van der Waals surface area contributed by atoms with Gasteiger partial charge in [0, 0.05) is 23.4 Å². The summed E-state index contributed by atoms with van der Waals surface area (Å²) in [5.74, 6) is 0.427. The predicted octanol–water partition coefficient (Wildman–Crippen LogP) is 5.10. The van der Waals surface area contributed by atoms with E-state index in [9.17, 15) is 4.79 Å². The third-order valence-electron chi connectivity index (χ3n) is 3.23. The van der Waals surface area contributed by atoms with E-state index in [1.807, 2.05) is 0 Å². The minimum Gasteiger partial charge on any atom is -0.426 e. The van der Waals surface area contributed by atoms with E-state index in [1.54, 1.807) is 0 Å². The van der Waals surface area contributed by atoms with Crippen LogP contribution in [-0.4, -0.2) is 5.97 Å². The summed E-state index contributed by atoms with van der Waals surface area (Å²) in [6.07, 6.45) is 0. The number of esters is 1. The Hall–Kier alpha value is -0.830. The van der Waals surface area contributed by atoms with Gasteiger partial charge in [0.1, 0.15) is 5.75 Å². The summed E-state index contributed by atoms with van der Waals surface area (Å²) in [6, 6.07) is 4.30. The summed E-state index contributed by atoms with van der Waals surface area (Å²) in [5.41, 5.74) is 3.34. The van der Waals surface area contributed by atoms with Crippen LogP contribution in [0.25, 0.3) is 0 Å². The zero-order valence-electron chi connectivity index (χ0n) is 13.6. The Morgan fingerprint density at radius 3 is 2.00 bits per heavy atom. The highest BCUT2D eigenvalue weighted by atomic mass is 79.9. The maximum Gasteiger partial charge on any atom is 0.308 e. The van der Waals surface area contributed by atoms with E-state index < -0.39 is 0 Å². The SMILES string of the molecule is CC(=O)Oc1c(CBr)cc(C(C)(C)C)cc1C(C)(C)C. The Balaban J connectivity index is 3.60. The Morgan fingerprint density at radius 2 is 1.65 bits per heavy atom. The molecule has 1 aromatic carbocycles. The molecule has 0 aromatic heterocycles. The van der Waals surface area contributed by atoms with Crippen molar-refractivity contribution in [1.82, 2.24) is 0 Å². The van der Waals surface area contributed by atoms with E-state index in [1.165, 1.54) is 12.5 Å². The summed E-state index contributed by atoms with van der Waals surface area (Å²) < 4.78 is 5.49. The number of ether oxygens (including phenoxy) is 1. The van der Waals surface area contributed by atoms with Crippen LogP contribution in [0, 0.1) is 0 Å². The lowest BCUT2D eigenvalue weighted by Gasteiger charge is -2.28. The van der Waals surface area contributed by atoms with Gasteiger partial charge in [0.25, 0.3) is 0 Å². The second kappa shape index (κ2) is 5.88. The van der Waals surface area contributed by atoms with E-state index >= 15 is 0 Å². The van der Waals surface area contributed by atoms with Gasteiger partial charge in [0.15, 0.2) is 0 Å². The summed E-state index contributed by atoms with van der Waals surface area (Å²) in [5, 5.41) is 0.669. The van der Waals surface area contributed by atoms with E-state index in [-0.39, 0.29) is 16.8 Å². The lowest BCUT2D eigenvalue weighted by Crippen LogP contribution is -2.20. The van der Waals surface area contributed by atoms with Crippen LogP contribution in [0.5, 0.6) is 5.75 Å².